The Morgan fingerprint density at radius 2 is 2.05 bits per heavy atom. The molecule has 1 aromatic carbocycles. The standard InChI is InChI=1S/C12H5Cl2NO3S/c13-9-4-6(11(14)19-9)10(16)5-1-2-7-8(3-5)18-12(17)15-7/h1-4H,(H,15,17). The highest BCUT2D eigenvalue weighted by Crippen LogP contribution is 2.32. The zero-order valence-corrected chi connectivity index (χ0v) is 11.5. The van der Waals surface area contributed by atoms with Crippen molar-refractivity contribution >= 4 is 51.4 Å². The molecule has 2 heterocycles. The third kappa shape index (κ3) is 2.20. The normalized spacial score (nSPS) is 11.1. The van der Waals surface area contributed by atoms with Gasteiger partial charge in [0.05, 0.1) is 15.4 Å². The van der Waals surface area contributed by atoms with E-state index < -0.39 is 5.76 Å². The van der Waals surface area contributed by atoms with E-state index in [2.05, 4.69) is 4.98 Å². The van der Waals surface area contributed by atoms with Crippen LogP contribution in [0.1, 0.15) is 15.9 Å². The van der Waals surface area contributed by atoms with Gasteiger partial charge in [-0.05, 0) is 24.3 Å². The van der Waals surface area contributed by atoms with Gasteiger partial charge in [-0.2, -0.15) is 0 Å². The molecule has 96 valence electrons. The summed E-state index contributed by atoms with van der Waals surface area (Å²) in [5, 5.41) is 0. The first kappa shape index (κ1) is 12.5. The molecule has 0 spiro atoms. The van der Waals surface area contributed by atoms with Gasteiger partial charge in [0.1, 0.15) is 4.34 Å². The molecule has 0 radical (unpaired) electrons. The summed E-state index contributed by atoms with van der Waals surface area (Å²) in [6.45, 7) is 0. The zero-order chi connectivity index (χ0) is 13.6. The van der Waals surface area contributed by atoms with Crippen LogP contribution in [0.15, 0.2) is 33.5 Å². The molecule has 0 saturated carbocycles. The van der Waals surface area contributed by atoms with E-state index in [-0.39, 0.29) is 5.78 Å². The molecule has 0 aliphatic carbocycles. The number of hydrogen-bond donors (Lipinski definition) is 1. The molecule has 19 heavy (non-hydrogen) atoms. The van der Waals surface area contributed by atoms with Gasteiger partial charge in [0, 0.05) is 5.56 Å². The third-order valence-corrected chi connectivity index (χ3v) is 4.07. The number of nitrogens with one attached hydrogen (secondary N) is 1. The van der Waals surface area contributed by atoms with Crippen molar-refractivity contribution in [3.63, 3.8) is 0 Å². The molecule has 0 bridgehead atoms. The molecule has 1 N–H and O–H groups in total. The van der Waals surface area contributed by atoms with Crippen molar-refractivity contribution in [1.82, 2.24) is 4.98 Å². The summed E-state index contributed by atoms with van der Waals surface area (Å²) < 4.78 is 5.70. The van der Waals surface area contributed by atoms with Gasteiger partial charge in [0.25, 0.3) is 0 Å². The Morgan fingerprint density at radius 3 is 2.74 bits per heavy atom. The summed E-state index contributed by atoms with van der Waals surface area (Å²) >= 11 is 12.9. The van der Waals surface area contributed by atoms with Crippen LogP contribution < -0.4 is 5.76 Å². The number of ketones is 1. The Labute approximate surface area is 120 Å². The lowest BCUT2D eigenvalue weighted by molar-refractivity contribution is 0.103. The maximum Gasteiger partial charge on any atom is 0.417 e. The minimum Gasteiger partial charge on any atom is -0.408 e. The van der Waals surface area contributed by atoms with Crippen LogP contribution in [-0.4, -0.2) is 10.8 Å². The summed E-state index contributed by atoms with van der Waals surface area (Å²) in [4.78, 5) is 25.8. The Balaban J connectivity index is 2.10. The molecule has 0 atom stereocenters. The summed E-state index contributed by atoms with van der Waals surface area (Å²) in [7, 11) is 0. The molecule has 0 fully saturated rings. The van der Waals surface area contributed by atoms with Crippen LogP contribution in [-0.2, 0) is 0 Å². The van der Waals surface area contributed by atoms with Gasteiger partial charge in [0.15, 0.2) is 11.4 Å². The number of oxazole rings is 1. The molecule has 3 aromatic rings. The maximum atomic E-state index is 12.3. The largest absolute Gasteiger partial charge is 0.417 e. The van der Waals surface area contributed by atoms with Crippen molar-refractivity contribution in [2.24, 2.45) is 0 Å². The SMILES string of the molecule is O=C(c1ccc2[nH]c(=O)oc2c1)c1cc(Cl)sc1Cl. The van der Waals surface area contributed by atoms with E-state index in [1.807, 2.05) is 0 Å². The number of carbonyl (C=O) groups is 1. The second-order valence-electron chi connectivity index (χ2n) is 3.79. The van der Waals surface area contributed by atoms with Crippen LogP contribution in [0.2, 0.25) is 8.67 Å². The smallest absolute Gasteiger partial charge is 0.408 e. The van der Waals surface area contributed by atoms with Crippen LogP contribution in [0.5, 0.6) is 0 Å². The fourth-order valence-electron chi connectivity index (χ4n) is 1.74. The van der Waals surface area contributed by atoms with Crippen LogP contribution in [0, 0.1) is 0 Å². The number of rotatable bonds is 2. The molecule has 2 aromatic heterocycles. The van der Waals surface area contributed by atoms with Gasteiger partial charge in [-0.15, -0.1) is 11.3 Å². The molecule has 0 aliphatic rings. The highest BCUT2D eigenvalue weighted by atomic mass is 35.5. The summed E-state index contributed by atoms with van der Waals surface area (Å²) in [6, 6.07) is 6.22. The first-order valence-corrected chi connectivity index (χ1v) is 6.74. The number of aromatic amines is 1. The second-order valence-corrected chi connectivity index (χ2v) is 6.08. The lowest BCUT2D eigenvalue weighted by atomic mass is 10.1. The summed E-state index contributed by atoms with van der Waals surface area (Å²) in [5.41, 5.74) is 1.59. The van der Waals surface area contributed by atoms with E-state index in [9.17, 15) is 9.59 Å². The predicted octanol–water partition coefficient (Wildman–Crippen LogP) is 3.72. The lowest BCUT2D eigenvalue weighted by Gasteiger charge is -1.98. The molecule has 0 unspecified atom stereocenters. The first-order chi connectivity index (χ1) is 9.04. The Morgan fingerprint density at radius 1 is 1.26 bits per heavy atom. The molecule has 3 rings (SSSR count). The molecule has 0 aliphatic heterocycles. The van der Waals surface area contributed by atoms with Crippen LogP contribution in [0.25, 0.3) is 11.1 Å². The molecule has 4 nitrogen and oxygen atoms in total. The van der Waals surface area contributed by atoms with Crippen LogP contribution in [0.3, 0.4) is 0 Å². The molecular weight excluding hydrogens is 309 g/mol. The molecule has 0 saturated heterocycles. The fourth-order valence-corrected chi connectivity index (χ4v) is 3.20. The van der Waals surface area contributed by atoms with Gasteiger partial charge < -0.3 is 4.42 Å². The van der Waals surface area contributed by atoms with Crippen molar-refractivity contribution in [2.45, 2.75) is 0 Å². The zero-order valence-electron chi connectivity index (χ0n) is 9.20. The highest BCUT2D eigenvalue weighted by Gasteiger charge is 2.17. The van der Waals surface area contributed by atoms with Crippen molar-refractivity contribution < 1.29 is 9.21 Å². The predicted molar refractivity (Wildman–Crippen MR) is 74.6 cm³/mol. The highest BCUT2D eigenvalue weighted by molar-refractivity contribution is 7.20. The number of halogens is 2. The Kier molecular flexibility index (Phi) is 2.97. The van der Waals surface area contributed by atoms with E-state index in [0.717, 1.165) is 11.3 Å². The van der Waals surface area contributed by atoms with Gasteiger partial charge in [-0.3, -0.25) is 9.78 Å². The Bertz CT molecular complexity index is 846. The van der Waals surface area contributed by atoms with Gasteiger partial charge in [-0.1, -0.05) is 23.2 Å². The maximum absolute atomic E-state index is 12.3. The van der Waals surface area contributed by atoms with Crippen molar-refractivity contribution in [2.75, 3.05) is 0 Å². The Hall–Kier alpha value is -1.56. The van der Waals surface area contributed by atoms with Crippen LogP contribution in [0.4, 0.5) is 0 Å². The third-order valence-electron chi connectivity index (χ3n) is 2.58. The number of thiophene rings is 1. The van der Waals surface area contributed by atoms with Crippen molar-refractivity contribution in [3.05, 3.63) is 54.6 Å². The molecule has 7 heteroatoms. The lowest BCUT2D eigenvalue weighted by Crippen LogP contribution is -1.99. The minimum atomic E-state index is -0.559. The minimum absolute atomic E-state index is 0.265. The van der Waals surface area contributed by atoms with E-state index in [1.165, 1.54) is 12.1 Å². The van der Waals surface area contributed by atoms with E-state index in [1.54, 1.807) is 12.1 Å². The van der Waals surface area contributed by atoms with Crippen molar-refractivity contribution in [3.8, 4) is 0 Å². The number of H-pyrrole nitrogens is 1. The number of aromatic nitrogens is 1. The van der Waals surface area contributed by atoms with E-state index in [4.69, 9.17) is 27.6 Å². The second kappa shape index (κ2) is 4.52. The van der Waals surface area contributed by atoms with Gasteiger partial charge in [0.2, 0.25) is 0 Å². The number of carbonyl (C=O) groups excluding carboxylic acids is 1. The molecular formula is C12H5Cl2NO3S. The van der Waals surface area contributed by atoms with E-state index in [0.29, 0.717) is 30.9 Å². The first-order valence-electron chi connectivity index (χ1n) is 5.17. The monoisotopic (exact) mass is 313 g/mol. The summed E-state index contributed by atoms with van der Waals surface area (Å²) in [5.74, 6) is -0.824. The van der Waals surface area contributed by atoms with Gasteiger partial charge in [-0.25, -0.2) is 4.79 Å². The van der Waals surface area contributed by atoms with Crippen LogP contribution >= 0.6 is 34.5 Å². The molecule has 0 amide bonds. The number of benzene rings is 1. The fraction of sp³-hybridized carbons (Fsp3) is 0. The van der Waals surface area contributed by atoms with Gasteiger partial charge >= 0.3 is 5.76 Å². The van der Waals surface area contributed by atoms with E-state index >= 15 is 0 Å². The quantitative estimate of drug-likeness (QED) is 0.733. The number of hydrogen-bond acceptors (Lipinski definition) is 4. The average molecular weight is 314 g/mol. The average Bonchev–Trinajstić information content (AvgIpc) is 2.88. The summed E-state index contributed by atoms with van der Waals surface area (Å²) in [6.07, 6.45) is 0. The van der Waals surface area contributed by atoms with Crippen molar-refractivity contribution in [1.29, 1.82) is 0 Å². The number of fused-ring (bicyclic) bond motifs is 1. The topological polar surface area (TPSA) is 63.1 Å².